The summed E-state index contributed by atoms with van der Waals surface area (Å²) in [4.78, 5) is 11.8. The molecule has 0 atom stereocenters. The zero-order valence-electron chi connectivity index (χ0n) is 10.5. The van der Waals surface area contributed by atoms with E-state index in [-0.39, 0.29) is 12.2 Å². The van der Waals surface area contributed by atoms with Crippen LogP contribution in [0.3, 0.4) is 0 Å². The molecule has 0 bridgehead atoms. The molecule has 4 heteroatoms. The normalized spacial score (nSPS) is 10.2. The summed E-state index contributed by atoms with van der Waals surface area (Å²) in [6, 6.07) is 12.0. The van der Waals surface area contributed by atoms with Gasteiger partial charge in [-0.1, -0.05) is 30.3 Å². The number of benzene rings is 2. The van der Waals surface area contributed by atoms with Crippen LogP contribution in [0.4, 0.5) is 10.1 Å². The number of halogens is 1. The molecule has 0 saturated heterocycles. The van der Waals surface area contributed by atoms with Gasteiger partial charge in [-0.05, 0) is 30.2 Å². The second-order valence-corrected chi connectivity index (χ2v) is 4.26. The Morgan fingerprint density at radius 1 is 1.26 bits per heavy atom. The van der Waals surface area contributed by atoms with Gasteiger partial charge in [-0.25, -0.2) is 9.18 Å². The van der Waals surface area contributed by atoms with Crippen LogP contribution in [-0.2, 0) is 11.3 Å². The van der Waals surface area contributed by atoms with Crippen LogP contribution >= 0.6 is 0 Å². The summed E-state index contributed by atoms with van der Waals surface area (Å²) < 4.78 is 18.9. The molecule has 2 aromatic rings. The van der Waals surface area contributed by atoms with Crippen LogP contribution in [0.1, 0.15) is 21.5 Å². The molecule has 3 nitrogen and oxygen atoms in total. The van der Waals surface area contributed by atoms with Crippen molar-refractivity contribution in [3.8, 4) is 0 Å². The van der Waals surface area contributed by atoms with Gasteiger partial charge in [0.15, 0.2) is 0 Å². The summed E-state index contributed by atoms with van der Waals surface area (Å²) in [5, 5.41) is 0. The van der Waals surface area contributed by atoms with E-state index in [9.17, 15) is 9.18 Å². The van der Waals surface area contributed by atoms with E-state index in [2.05, 4.69) is 0 Å². The van der Waals surface area contributed by atoms with E-state index in [1.807, 2.05) is 30.3 Å². The van der Waals surface area contributed by atoms with E-state index in [4.69, 9.17) is 10.5 Å². The fourth-order valence-corrected chi connectivity index (χ4v) is 1.75. The number of nitrogens with two attached hydrogens (primary N) is 1. The lowest BCUT2D eigenvalue weighted by atomic mass is 10.1. The molecule has 0 unspecified atom stereocenters. The largest absolute Gasteiger partial charge is 0.457 e. The number of carbonyl (C=O) groups excluding carboxylic acids is 1. The van der Waals surface area contributed by atoms with E-state index in [1.165, 1.54) is 12.1 Å². The highest BCUT2D eigenvalue weighted by Gasteiger charge is 2.16. The minimum atomic E-state index is -0.711. The van der Waals surface area contributed by atoms with Crippen molar-refractivity contribution in [1.82, 2.24) is 0 Å². The lowest BCUT2D eigenvalue weighted by Gasteiger charge is -2.08. The van der Waals surface area contributed by atoms with Crippen LogP contribution in [0.25, 0.3) is 0 Å². The van der Waals surface area contributed by atoms with E-state index >= 15 is 0 Å². The van der Waals surface area contributed by atoms with Crippen LogP contribution in [0.15, 0.2) is 42.5 Å². The molecule has 0 aliphatic heterocycles. The van der Waals surface area contributed by atoms with Crippen molar-refractivity contribution < 1.29 is 13.9 Å². The molecule has 0 saturated carbocycles. The maximum Gasteiger partial charge on any atom is 0.341 e. The van der Waals surface area contributed by atoms with Gasteiger partial charge in [-0.3, -0.25) is 0 Å². The predicted octanol–water partition coefficient (Wildman–Crippen LogP) is 3.07. The van der Waals surface area contributed by atoms with Crippen molar-refractivity contribution in [2.75, 3.05) is 5.73 Å². The Morgan fingerprint density at radius 3 is 2.63 bits per heavy atom. The van der Waals surface area contributed by atoms with Gasteiger partial charge in [0.2, 0.25) is 0 Å². The van der Waals surface area contributed by atoms with Gasteiger partial charge in [0, 0.05) is 5.69 Å². The molecule has 0 fully saturated rings. The Bertz CT molecular complexity index is 597. The van der Waals surface area contributed by atoms with Crippen LogP contribution in [0.2, 0.25) is 0 Å². The van der Waals surface area contributed by atoms with Crippen molar-refractivity contribution in [2.45, 2.75) is 13.5 Å². The summed E-state index contributed by atoms with van der Waals surface area (Å²) in [5.41, 5.74) is 6.98. The molecule has 0 aliphatic rings. The summed E-state index contributed by atoms with van der Waals surface area (Å²) in [7, 11) is 0. The molecule has 0 radical (unpaired) electrons. The van der Waals surface area contributed by atoms with Crippen molar-refractivity contribution in [3.05, 3.63) is 65.0 Å². The van der Waals surface area contributed by atoms with Gasteiger partial charge in [-0.2, -0.15) is 0 Å². The molecule has 98 valence electrons. The number of nitrogen functional groups attached to an aromatic ring is 1. The van der Waals surface area contributed by atoms with Crippen LogP contribution in [-0.4, -0.2) is 5.97 Å². The van der Waals surface area contributed by atoms with Gasteiger partial charge in [0.05, 0.1) is 5.56 Å². The number of anilines is 1. The Kier molecular flexibility index (Phi) is 3.80. The van der Waals surface area contributed by atoms with E-state index < -0.39 is 11.8 Å². The maximum absolute atomic E-state index is 13.8. The molecule has 19 heavy (non-hydrogen) atoms. The van der Waals surface area contributed by atoms with Gasteiger partial charge < -0.3 is 10.5 Å². The highest BCUT2D eigenvalue weighted by molar-refractivity contribution is 5.91. The first kappa shape index (κ1) is 13.1. The Balaban J connectivity index is 2.13. The minimum absolute atomic E-state index is 0.104. The number of hydrogen-bond acceptors (Lipinski definition) is 3. The van der Waals surface area contributed by atoms with Crippen molar-refractivity contribution in [3.63, 3.8) is 0 Å². The second-order valence-electron chi connectivity index (χ2n) is 4.26. The van der Waals surface area contributed by atoms with Crippen molar-refractivity contribution in [1.29, 1.82) is 0 Å². The Hall–Kier alpha value is -2.36. The first-order valence-corrected chi connectivity index (χ1v) is 5.84. The lowest BCUT2D eigenvalue weighted by Crippen LogP contribution is -2.09. The monoisotopic (exact) mass is 259 g/mol. The third-order valence-corrected chi connectivity index (χ3v) is 2.71. The highest BCUT2D eigenvalue weighted by Crippen LogP contribution is 2.18. The second kappa shape index (κ2) is 5.52. The zero-order chi connectivity index (χ0) is 13.8. The Morgan fingerprint density at radius 2 is 1.95 bits per heavy atom. The molecule has 2 aromatic carbocycles. The average molecular weight is 259 g/mol. The molecular formula is C15H14FNO2. The van der Waals surface area contributed by atoms with Crippen molar-refractivity contribution in [2.24, 2.45) is 0 Å². The molecule has 0 amide bonds. The average Bonchev–Trinajstić information content (AvgIpc) is 2.41. The number of hydrogen-bond donors (Lipinski definition) is 1. The quantitative estimate of drug-likeness (QED) is 0.680. The first-order chi connectivity index (χ1) is 9.08. The molecular weight excluding hydrogens is 245 g/mol. The van der Waals surface area contributed by atoms with Gasteiger partial charge in [-0.15, -0.1) is 0 Å². The molecule has 0 spiro atoms. The number of carbonyl (C=O) groups is 1. The zero-order valence-corrected chi connectivity index (χ0v) is 10.5. The predicted molar refractivity (Wildman–Crippen MR) is 71.1 cm³/mol. The van der Waals surface area contributed by atoms with Gasteiger partial charge in [0.25, 0.3) is 0 Å². The van der Waals surface area contributed by atoms with Crippen LogP contribution < -0.4 is 5.73 Å². The molecule has 2 rings (SSSR count). The van der Waals surface area contributed by atoms with E-state index in [0.717, 1.165) is 5.56 Å². The fourth-order valence-electron chi connectivity index (χ4n) is 1.75. The SMILES string of the molecule is Cc1cc(N)cc(C(=O)OCc2ccccc2)c1F. The standard InChI is InChI=1S/C15H14FNO2/c1-10-7-12(17)8-13(14(10)16)15(18)19-9-11-5-3-2-4-6-11/h2-8H,9,17H2,1H3. The maximum atomic E-state index is 13.8. The van der Waals surface area contributed by atoms with Crippen molar-refractivity contribution >= 4 is 11.7 Å². The summed E-state index contributed by atoms with van der Waals surface area (Å²) in [6.45, 7) is 1.66. The molecule has 0 heterocycles. The molecule has 0 aromatic heterocycles. The first-order valence-electron chi connectivity index (χ1n) is 5.84. The lowest BCUT2D eigenvalue weighted by molar-refractivity contribution is 0.0467. The van der Waals surface area contributed by atoms with Crippen LogP contribution in [0.5, 0.6) is 0 Å². The summed E-state index contributed by atoms with van der Waals surface area (Å²) in [5.74, 6) is -1.30. The number of esters is 1. The molecule has 2 N–H and O–H groups in total. The Labute approximate surface area is 110 Å². The number of ether oxygens (including phenoxy) is 1. The van der Waals surface area contributed by atoms with Gasteiger partial charge >= 0.3 is 5.97 Å². The smallest absolute Gasteiger partial charge is 0.341 e. The minimum Gasteiger partial charge on any atom is -0.457 e. The fraction of sp³-hybridized carbons (Fsp3) is 0.133. The third-order valence-electron chi connectivity index (χ3n) is 2.71. The number of aryl methyl sites for hydroxylation is 1. The number of rotatable bonds is 3. The van der Waals surface area contributed by atoms with E-state index in [0.29, 0.717) is 11.3 Å². The topological polar surface area (TPSA) is 52.3 Å². The van der Waals surface area contributed by atoms with E-state index in [1.54, 1.807) is 6.92 Å². The highest BCUT2D eigenvalue weighted by atomic mass is 19.1. The third kappa shape index (κ3) is 3.10. The summed E-state index contributed by atoms with van der Waals surface area (Å²) in [6.07, 6.45) is 0. The van der Waals surface area contributed by atoms with Gasteiger partial charge in [0.1, 0.15) is 12.4 Å². The molecule has 0 aliphatic carbocycles. The van der Waals surface area contributed by atoms with Crippen LogP contribution in [0, 0.1) is 12.7 Å². The summed E-state index contributed by atoms with van der Waals surface area (Å²) >= 11 is 0.